The molecule has 0 aliphatic carbocycles. The number of benzene rings is 1. The quantitative estimate of drug-likeness (QED) is 0.770. The van der Waals surface area contributed by atoms with Crippen LogP contribution in [-0.2, 0) is 4.79 Å². The molecule has 3 N–H and O–H groups in total. The predicted molar refractivity (Wildman–Crippen MR) is 67.7 cm³/mol. The summed E-state index contributed by atoms with van der Waals surface area (Å²) in [6, 6.07) is 3.04. The van der Waals surface area contributed by atoms with E-state index in [9.17, 15) is 13.6 Å². The van der Waals surface area contributed by atoms with Crippen LogP contribution in [0.5, 0.6) is 5.75 Å². The minimum absolute atomic E-state index is 0.163. The fourth-order valence-corrected chi connectivity index (χ4v) is 1.31. The Bertz CT molecular complexity index is 439. The average molecular weight is 272 g/mol. The van der Waals surface area contributed by atoms with Gasteiger partial charge < -0.3 is 15.8 Å². The molecular weight excluding hydrogens is 254 g/mol. The van der Waals surface area contributed by atoms with E-state index in [0.29, 0.717) is 0 Å². The fourth-order valence-electron chi connectivity index (χ4n) is 1.31. The van der Waals surface area contributed by atoms with Crippen LogP contribution in [0.25, 0.3) is 0 Å². The van der Waals surface area contributed by atoms with Gasteiger partial charge in [-0.25, -0.2) is 8.78 Å². The summed E-state index contributed by atoms with van der Waals surface area (Å²) in [5, 5.41) is 2.65. The monoisotopic (exact) mass is 272 g/mol. The molecule has 2 unspecified atom stereocenters. The first-order valence-corrected chi connectivity index (χ1v) is 6.03. The Labute approximate surface area is 110 Å². The number of carbonyl (C=O) groups excluding carboxylic acids is 1. The molecule has 19 heavy (non-hydrogen) atoms. The lowest BCUT2D eigenvalue weighted by atomic mass is 10.0. The summed E-state index contributed by atoms with van der Waals surface area (Å²) in [4.78, 5) is 11.5. The molecule has 0 bridgehead atoms. The molecule has 1 rings (SSSR count). The van der Waals surface area contributed by atoms with Crippen molar-refractivity contribution in [2.75, 3.05) is 13.2 Å². The van der Waals surface area contributed by atoms with E-state index in [1.165, 1.54) is 6.07 Å². The van der Waals surface area contributed by atoms with Gasteiger partial charge in [0.2, 0.25) is 5.91 Å². The molecule has 1 aromatic rings. The summed E-state index contributed by atoms with van der Waals surface area (Å²) in [6.07, 6.45) is 0. The second-order valence-corrected chi connectivity index (χ2v) is 4.36. The van der Waals surface area contributed by atoms with E-state index in [0.717, 1.165) is 12.1 Å². The smallest absolute Gasteiger partial charge is 0.224 e. The third-order valence-corrected chi connectivity index (χ3v) is 2.76. The van der Waals surface area contributed by atoms with Crippen LogP contribution in [0, 0.1) is 17.6 Å². The van der Waals surface area contributed by atoms with Gasteiger partial charge in [-0.15, -0.1) is 0 Å². The summed E-state index contributed by atoms with van der Waals surface area (Å²) in [6.45, 7) is 3.93. The standard InChI is InChI=1S/C13H18F2N2O2/c1-8(9(2)16)13(18)17-5-6-19-10-3-4-11(14)12(15)7-10/h3-4,7-9H,5-6,16H2,1-2H3,(H,17,18). The van der Waals surface area contributed by atoms with E-state index in [-0.39, 0.29) is 36.8 Å². The van der Waals surface area contributed by atoms with Crippen molar-refractivity contribution in [2.24, 2.45) is 11.7 Å². The summed E-state index contributed by atoms with van der Waals surface area (Å²) < 4.78 is 30.7. The van der Waals surface area contributed by atoms with Gasteiger partial charge in [-0.05, 0) is 19.1 Å². The van der Waals surface area contributed by atoms with Gasteiger partial charge in [0.15, 0.2) is 11.6 Å². The van der Waals surface area contributed by atoms with Crippen LogP contribution in [0.1, 0.15) is 13.8 Å². The van der Waals surface area contributed by atoms with Crippen molar-refractivity contribution in [3.8, 4) is 5.75 Å². The van der Waals surface area contributed by atoms with Crippen molar-refractivity contribution in [1.82, 2.24) is 5.32 Å². The van der Waals surface area contributed by atoms with Gasteiger partial charge in [-0.2, -0.15) is 0 Å². The van der Waals surface area contributed by atoms with Gasteiger partial charge in [0, 0.05) is 18.0 Å². The lowest BCUT2D eigenvalue weighted by molar-refractivity contribution is -0.125. The van der Waals surface area contributed by atoms with Crippen molar-refractivity contribution >= 4 is 5.91 Å². The Kier molecular flexibility index (Phi) is 5.69. The van der Waals surface area contributed by atoms with Crippen LogP contribution in [0.3, 0.4) is 0 Å². The Hall–Kier alpha value is -1.69. The maximum Gasteiger partial charge on any atom is 0.224 e. The minimum atomic E-state index is -0.966. The zero-order valence-electron chi connectivity index (χ0n) is 11.0. The molecule has 0 aromatic heterocycles. The Morgan fingerprint density at radius 2 is 2.05 bits per heavy atom. The second kappa shape index (κ2) is 7.04. The van der Waals surface area contributed by atoms with E-state index in [2.05, 4.69) is 5.32 Å². The van der Waals surface area contributed by atoms with Gasteiger partial charge >= 0.3 is 0 Å². The SMILES string of the molecule is CC(N)C(C)C(=O)NCCOc1ccc(F)c(F)c1. The molecule has 0 aliphatic rings. The highest BCUT2D eigenvalue weighted by atomic mass is 19.2. The summed E-state index contributed by atoms with van der Waals surface area (Å²) >= 11 is 0. The predicted octanol–water partition coefficient (Wildman–Crippen LogP) is 1.44. The number of hydrogen-bond donors (Lipinski definition) is 2. The molecule has 0 spiro atoms. The van der Waals surface area contributed by atoms with Crippen molar-refractivity contribution in [2.45, 2.75) is 19.9 Å². The first kappa shape index (κ1) is 15.4. The zero-order chi connectivity index (χ0) is 14.4. The van der Waals surface area contributed by atoms with Gasteiger partial charge in [0.05, 0.1) is 6.54 Å². The van der Waals surface area contributed by atoms with E-state index < -0.39 is 11.6 Å². The molecule has 0 heterocycles. The van der Waals surface area contributed by atoms with Crippen LogP contribution in [0.2, 0.25) is 0 Å². The van der Waals surface area contributed by atoms with Crippen molar-refractivity contribution in [3.63, 3.8) is 0 Å². The van der Waals surface area contributed by atoms with E-state index in [1.54, 1.807) is 13.8 Å². The largest absolute Gasteiger partial charge is 0.492 e. The van der Waals surface area contributed by atoms with Crippen LogP contribution >= 0.6 is 0 Å². The van der Waals surface area contributed by atoms with Crippen molar-refractivity contribution in [1.29, 1.82) is 0 Å². The van der Waals surface area contributed by atoms with Gasteiger partial charge in [-0.3, -0.25) is 4.79 Å². The Morgan fingerprint density at radius 3 is 2.63 bits per heavy atom. The van der Waals surface area contributed by atoms with Gasteiger partial charge in [0.25, 0.3) is 0 Å². The maximum atomic E-state index is 12.9. The average Bonchev–Trinajstić information content (AvgIpc) is 2.37. The number of nitrogens with two attached hydrogens (primary N) is 1. The third-order valence-electron chi connectivity index (χ3n) is 2.76. The molecule has 4 nitrogen and oxygen atoms in total. The van der Waals surface area contributed by atoms with E-state index >= 15 is 0 Å². The fraction of sp³-hybridized carbons (Fsp3) is 0.462. The number of hydrogen-bond acceptors (Lipinski definition) is 3. The molecule has 1 amide bonds. The summed E-state index contributed by atoms with van der Waals surface area (Å²) in [7, 11) is 0. The molecule has 0 aliphatic heterocycles. The first-order chi connectivity index (χ1) is 8.91. The highest BCUT2D eigenvalue weighted by molar-refractivity contribution is 5.78. The minimum Gasteiger partial charge on any atom is -0.492 e. The highest BCUT2D eigenvalue weighted by Gasteiger charge is 2.16. The lowest BCUT2D eigenvalue weighted by Gasteiger charge is -2.15. The number of halogens is 2. The van der Waals surface area contributed by atoms with Crippen LogP contribution < -0.4 is 15.8 Å². The van der Waals surface area contributed by atoms with Crippen molar-refractivity contribution < 1.29 is 18.3 Å². The number of carbonyl (C=O) groups is 1. The molecule has 0 radical (unpaired) electrons. The topological polar surface area (TPSA) is 64.4 Å². The molecule has 2 atom stereocenters. The number of ether oxygens (including phenoxy) is 1. The summed E-state index contributed by atoms with van der Waals surface area (Å²) in [5.41, 5.74) is 5.59. The lowest BCUT2D eigenvalue weighted by Crippen LogP contribution is -2.40. The normalized spacial score (nSPS) is 13.7. The van der Waals surface area contributed by atoms with Crippen molar-refractivity contribution in [3.05, 3.63) is 29.8 Å². The molecule has 0 saturated carbocycles. The Balaban J connectivity index is 2.31. The number of nitrogens with one attached hydrogen (secondary N) is 1. The molecule has 106 valence electrons. The number of amides is 1. The molecule has 0 saturated heterocycles. The molecular formula is C13H18F2N2O2. The van der Waals surface area contributed by atoms with E-state index in [4.69, 9.17) is 10.5 Å². The maximum absolute atomic E-state index is 12.9. The van der Waals surface area contributed by atoms with Crippen LogP contribution in [-0.4, -0.2) is 25.1 Å². The highest BCUT2D eigenvalue weighted by Crippen LogP contribution is 2.14. The molecule has 6 heteroatoms. The second-order valence-electron chi connectivity index (χ2n) is 4.36. The Morgan fingerprint density at radius 1 is 1.37 bits per heavy atom. The summed E-state index contributed by atoms with van der Waals surface area (Å²) in [5.74, 6) is -2.13. The zero-order valence-corrected chi connectivity index (χ0v) is 11.0. The first-order valence-electron chi connectivity index (χ1n) is 6.03. The van der Waals surface area contributed by atoms with Crippen LogP contribution in [0.15, 0.2) is 18.2 Å². The van der Waals surface area contributed by atoms with Gasteiger partial charge in [-0.1, -0.05) is 6.92 Å². The van der Waals surface area contributed by atoms with E-state index in [1.807, 2.05) is 0 Å². The molecule has 1 aromatic carbocycles. The number of rotatable bonds is 6. The third kappa shape index (κ3) is 4.82. The molecule has 0 fully saturated rings. The van der Waals surface area contributed by atoms with Gasteiger partial charge in [0.1, 0.15) is 12.4 Å². The van der Waals surface area contributed by atoms with Crippen LogP contribution in [0.4, 0.5) is 8.78 Å².